The van der Waals surface area contributed by atoms with Crippen molar-refractivity contribution in [3.63, 3.8) is 0 Å². The van der Waals surface area contributed by atoms with Gasteiger partial charge in [0.25, 0.3) is 5.91 Å². The van der Waals surface area contributed by atoms with Gasteiger partial charge in [-0.05, 0) is 42.8 Å². The maximum atomic E-state index is 13.6. The molecule has 0 fully saturated rings. The normalized spacial score (nSPS) is 10.7. The highest BCUT2D eigenvalue weighted by atomic mass is 19.1. The monoisotopic (exact) mass is 371 g/mol. The van der Waals surface area contributed by atoms with E-state index in [2.05, 4.69) is 10.4 Å². The smallest absolute Gasteiger partial charge is 0.251 e. The van der Waals surface area contributed by atoms with Gasteiger partial charge in [-0.25, -0.2) is 8.78 Å². The van der Waals surface area contributed by atoms with Crippen LogP contribution in [0.1, 0.15) is 27.3 Å². The van der Waals surface area contributed by atoms with E-state index in [0.717, 1.165) is 23.5 Å². The minimum atomic E-state index is -0.768. The molecule has 0 atom stereocenters. The Kier molecular flexibility index (Phi) is 5.49. The SMILES string of the molecule is Cc1cc(CNC(=O)c2cccc(COc3ccc(F)cc3F)c2)n(C)n1. The predicted octanol–water partition coefficient (Wildman–Crippen LogP) is 3.52. The molecule has 3 rings (SSSR count). The summed E-state index contributed by atoms with van der Waals surface area (Å²) in [5, 5.41) is 7.08. The van der Waals surface area contributed by atoms with E-state index in [9.17, 15) is 13.6 Å². The molecule has 0 saturated heterocycles. The van der Waals surface area contributed by atoms with E-state index >= 15 is 0 Å². The van der Waals surface area contributed by atoms with Gasteiger partial charge in [-0.1, -0.05) is 12.1 Å². The number of rotatable bonds is 6. The Morgan fingerprint density at radius 3 is 2.70 bits per heavy atom. The number of halogens is 2. The van der Waals surface area contributed by atoms with Crippen LogP contribution in [0.2, 0.25) is 0 Å². The van der Waals surface area contributed by atoms with E-state index in [4.69, 9.17) is 4.74 Å². The van der Waals surface area contributed by atoms with Crippen molar-refractivity contribution in [2.75, 3.05) is 0 Å². The third-order valence-corrected chi connectivity index (χ3v) is 4.01. The molecule has 1 heterocycles. The number of nitrogens with zero attached hydrogens (tertiary/aromatic N) is 2. The van der Waals surface area contributed by atoms with Crippen LogP contribution in [0.25, 0.3) is 0 Å². The molecule has 0 unspecified atom stereocenters. The third-order valence-electron chi connectivity index (χ3n) is 4.01. The van der Waals surface area contributed by atoms with Gasteiger partial charge in [0.05, 0.1) is 17.9 Å². The van der Waals surface area contributed by atoms with Crippen molar-refractivity contribution in [3.8, 4) is 5.75 Å². The first-order valence-corrected chi connectivity index (χ1v) is 8.37. The van der Waals surface area contributed by atoms with Crippen LogP contribution in [0.4, 0.5) is 8.78 Å². The van der Waals surface area contributed by atoms with Crippen LogP contribution in [0, 0.1) is 18.6 Å². The molecule has 1 aromatic heterocycles. The number of aromatic nitrogens is 2. The second-order valence-corrected chi connectivity index (χ2v) is 6.15. The topological polar surface area (TPSA) is 56.1 Å². The maximum absolute atomic E-state index is 13.6. The first-order valence-electron chi connectivity index (χ1n) is 8.37. The summed E-state index contributed by atoms with van der Waals surface area (Å²) in [4.78, 5) is 12.4. The Morgan fingerprint density at radius 1 is 1.19 bits per heavy atom. The van der Waals surface area contributed by atoms with Gasteiger partial charge in [-0.15, -0.1) is 0 Å². The molecular formula is C20H19F2N3O2. The maximum Gasteiger partial charge on any atom is 0.251 e. The zero-order valence-electron chi connectivity index (χ0n) is 15.0. The number of ether oxygens (including phenoxy) is 1. The fourth-order valence-corrected chi connectivity index (χ4v) is 2.66. The molecule has 27 heavy (non-hydrogen) atoms. The third kappa shape index (κ3) is 4.69. The van der Waals surface area contributed by atoms with Gasteiger partial charge in [-0.2, -0.15) is 5.10 Å². The molecular weight excluding hydrogens is 352 g/mol. The number of hydrogen-bond acceptors (Lipinski definition) is 3. The molecule has 0 aliphatic heterocycles. The molecule has 140 valence electrons. The van der Waals surface area contributed by atoms with Crippen LogP contribution in [0.5, 0.6) is 5.75 Å². The van der Waals surface area contributed by atoms with Gasteiger partial charge in [0.2, 0.25) is 0 Å². The lowest BCUT2D eigenvalue weighted by Crippen LogP contribution is -2.24. The molecule has 0 aliphatic carbocycles. The lowest BCUT2D eigenvalue weighted by Gasteiger charge is -2.09. The van der Waals surface area contributed by atoms with E-state index in [0.29, 0.717) is 17.7 Å². The summed E-state index contributed by atoms with van der Waals surface area (Å²) in [6.45, 7) is 2.31. The Bertz CT molecular complexity index is 970. The highest BCUT2D eigenvalue weighted by Crippen LogP contribution is 2.19. The van der Waals surface area contributed by atoms with Gasteiger partial charge in [-0.3, -0.25) is 9.48 Å². The number of aryl methyl sites for hydroxylation is 2. The van der Waals surface area contributed by atoms with Crippen LogP contribution in [-0.4, -0.2) is 15.7 Å². The van der Waals surface area contributed by atoms with Gasteiger partial charge in [0.1, 0.15) is 12.4 Å². The number of carbonyl (C=O) groups excluding carboxylic acids is 1. The summed E-state index contributed by atoms with van der Waals surface area (Å²) in [5.74, 6) is -1.71. The summed E-state index contributed by atoms with van der Waals surface area (Å²) < 4.78 is 33.6. The van der Waals surface area contributed by atoms with Crippen molar-refractivity contribution in [3.05, 3.63) is 82.7 Å². The first-order chi connectivity index (χ1) is 12.9. The number of amides is 1. The van der Waals surface area contributed by atoms with E-state index in [1.807, 2.05) is 20.0 Å². The summed E-state index contributed by atoms with van der Waals surface area (Å²) in [7, 11) is 1.82. The van der Waals surface area contributed by atoms with Gasteiger partial charge < -0.3 is 10.1 Å². The number of carbonyl (C=O) groups is 1. The number of nitrogens with one attached hydrogen (secondary N) is 1. The molecule has 3 aromatic rings. The fourth-order valence-electron chi connectivity index (χ4n) is 2.66. The highest BCUT2D eigenvalue weighted by molar-refractivity contribution is 5.94. The van der Waals surface area contributed by atoms with Crippen molar-refractivity contribution in [2.45, 2.75) is 20.1 Å². The Labute approximate surface area is 155 Å². The average molecular weight is 371 g/mol. The summed E-state index contributed by atoms with van der Waals surface area (Å²) >= 11 is 0. The molecule has 0 spiro atoms. The molecule has 1 N–H and O–H groups in total. The molecule has 5 nitrogen and oxygen atoms in total. The predicted molar refractivity (Wildman–Crippen MR) is 96.2 cm³/mol. The fraction of sp³-hybridized carbons (Fsp3) is 0.200. The van der Waals surface area contributed by atoms with Crippen molar-refractivity contribution in [1.29, 1.82) is 0 Å². The molecule has 0 aliphatic rings. The first kappa shape index (κ1) is 18.6. The van der Waals surface area contributed by atoms with Crippen molar-refractivity contribution in [1.82, 2.24) is 15.1 Å². The van der Waals surface area contributed by atoms with E-state index in [1.54, 1.807) is 28.9 Å². The minimum absolute atomic E-state index is 0.0437. The van der Waals surface area contributed by atoms with Gasteiger partial charge in [0, 0.05) is 18.7 Å². The van der Waals surface area contributed by atoms with Crippen molar-refractivity contribution in [2.24, 2.45) is 7.05 Å². The Balaban J connectivity index is 1.62. The van der Waals surface area contributed by atoms with Crippen LogP contribution < -0.4 is 10.1 Å². The number of benzene rings is 2. The largest absolute Gasteiger partial charge is 0.486 e. The van der Waals surface area contributed by atoms with Crippen molar-refractivity contribution >= 4 is 5.91 Å². The Morgan fingerprint density at radius 2 is 2.00 bits per heavy atom. The van der Waals surface area contributed by atoms with Gasteiger partial charge >= 0.3 is 0 Å². The van der Waals surface area contributed by atoms with Crippen molar-refractivity contribution < 1.29 is 18.3 Å². The van der Waals surface area contributed by atoms with E-state index < -0.39 is 11.6 Å². The summed E-state index contributed by atoms with van der Waals surface area (Å²) in [6.07, 6.45) is 0. The Hall–Kier alpha value is -3.22. The summed E-state index contributed by atoms with van der Waals surface area (Å²) in [5.41, 5.74) is 2.94. The van der Waals surface area contributed by atoms with Crippen LogP contribution in [-0.2, 0) is 20.2 Å². The van der Waals surface area contributed by atoms with E-state index in [1.165, 1.54) is 6.07 Å². The molecule has 2 aromatic carbocycles. The molecule has 0 radical (unpaired) electrons. The van der Waals surface area contributed by atoms with E-state index in [-0.39, 0.29) is 18.3 Å². The second kappa shape index (κ2) is 7.99. The molecule has 7 heteroatoms. The van der Waals surface area contributed by atoms with Crippen LogP contribution in [0.15, 0.2) is 48.5 Å². The number of hydrogen-bond donors (Lipinski definition) is 1. The quantitative estimate of drug-likeness (QED) is 0.721. The zero-order chi connectivity index (χ0) is 19.4. The lowest BCUT2D eigenvalue weighted by atomic mass is 10.1. The molecule has 0 saturated carbocycles. The lowest BCUT2D eigenvalue weighted by molar-refractivity contribution is 0.0950. The zero-order valence-corrected chi connectivity index (χ0v) is 15.0. The minimum Gasteiger partial charge on any atom is -0.486 e. The summed E-state index contributed by atoms with van der Waals surface area (Å²) in [6, 6.07) is 11.9. The van der Waals surface area contributed by atoms with Crippen LogP contribution in [0.3, 0.4) is 0 Å². The second-order valence-electron chi connectivity index (χ2n) is 6.15. The van der Waals surface area contributed by atoms with Gasteiger partial charge in [0.15, 0.2) is 11.6 Å². The average Bonchev–Trinajstić information content (AvgIpc) is 2.96. The standard InChI is InChI=1S/C20H19F2N3O2/c1-13-8-17(25(2)24-13)11-23-20(26)15-5-3-4-14(9-15)12-27-19-7-6-16(21)10-18(19)22/h3-10H,11-12H2,1-2H3,(H,23,26). The highest BCUT2D eigenvalue weighted by Gasteiger charge is 2.10. The molecule has 0 bridgehead atoms. The molecule has 1 amide bonds. The van der Waals surface area contributed by atoms with Crippen LogP contribution >= 0.6 is 0 Å².